The Morgan fingerprint density at radius 3 is 1.97 bits per heavy atom. The molecule has 32 heavy (non-hydrogen) atoms. The van der Waals surface area contributed by atoms with Gasteiger partial charge in [0.05, 0.1) is 18.9 Å². The minimum atomic E-state index is -0.359. The van der Waals surface area contributed by atoms with Gasteiger partial charge < -0.3 is 29.7 Å². The SMILES string of the molecule is Fc1ccccc1N1CCN(c2nc(N3CCNCC3)c(F)c(N3CCOCC3)n2)CC1. The maximum atomic E-state index is 15.6. The van der Waals surface area contributed by atoms with E-state index < -0.39 is 0 Å². The Morgan fingerprint density at radius 1 is 0.719 bits per heavy atom. The number of anilines is 4. The molecule has 8 nitrogen and oxygen atoms in total. The molecule has 0 atom stereocenters. The summed E-state index contributed by atoms with van der Waals surface area (Å²) in [6, 6.07) is 6.84. The second-order valence-electron chi connectivity index (χ2n) is 8.25. The molecule has 3 saturated heterocycles. The first-order valence-corrected chi connectivity index (χ1v) is 11.3. The van der Waals surface area contributed by atoms with Crippen molar-refractivity contribution in [3.63, 3.8) is 0 Å². The van der Waals surface area contributed by atoms with Crippen molar-refractivity contribution in [1.82, 2.24) is 15.3 Å². The lowest BCUT2D eigenvalue weighted by Gasteiger charge is -2.37. The lowest BCUT2D eigenvalue weighted by atomic mass is 10.2. The average Bonchev–Trinajstić information content (AvgIpc) is 2.86. The predicted molar refractivity (Wildman–Crippen MR) is 121 cm³/mol. The minimum absolute atomic E-state index is 0.213. The van der Waals surface area contributed by atoms with Gasteiger partial charge in [-0.2, -0.15) is 14.4 Å². The minimum Gasteiger partial charge on any atom is -0.378 e. The zero-order chi connectivity index (χ0) is 21.9. The smallest absolute Gasteiger partial charge is 0.229 e. The van der Waals surface area contributed by atoms with Crippen LogP contribution >= 0.6 is 0 Å². The number of rotatable bonds is 4. The van der Waals surface area contributed by atoms with Crippen LogP contribution in [-0.2, 0) is 4.74 Å². The number of hydrogen-bond donors (Lipinski definition) is 1. The number of aromatic nitrogens is 2. The van der Waals surface area contributed by atoms with Gasteiger partial charge in [0.1, 0.15) is 5.82 Å². The zero-order valence-electron chi connectivity index (χ0n) is 18.1. The molecular weight excluding hydrogens is 416 g/mol. The number of benzene rings is 1. The van der Waals surface area contributed by atoms with Crippen LogP contribution in [0.3, 0.4) is 0 Å². The van der Waals surface area contributed by atoms with Crippen molar-refractivity contribution in [2.24, 2.45) is 0 Å². The van der Waals surface area contributed by atoms with Crippen LogP contribution in [0.1, 0.15) is 0 Å². The average molecular weight is 446 g/mol. The molecule has 1 aromatic carbocycles. The van der Waals surface area contributed by atoms with E-state index in [1.165, 1.54) is 6.07 Å². The molecule has 172 valence electrons. The first kappa shape index (κ1) is 21.1. The van der Waals surface area contributed by atoms with E-state index in [1.807, 2.05) is 20.8 Å². The standard InChI is InChI=1S/C22H29F2N7O/c23-17-3-1-2-4-18(17)28-9-11-31(12-10-28)22-26-20(29-7-5-25-6-8-29)19(24)21(27-22)30-13-15-32-16-14-30/h1-4,25H,5-16H2. The molecule has 1 N–H and O–H groups in total. The fourth-order valence-electron chi connectivity index (χ4n) is 4.48. The van der Waals surface area contributed by atoms with Gasteiger partial charge in [-0.1, -0.05) is 12.1 Å². The molecular formula is C22H29F2N7O. The van der Waals surface area contributed by atoms with E-state index in [0.717, 1.165) is 13.1 Å². The Labute approximate surface area is 186 Å². The molecule has 2 aromatic rings. The number of ether oxygens (including phenoxy) is 1. The van der Waals surface area contributed by atoms with Crippen LogP contribution in [0.25, 0.3) is 0 Å². The molecule has 0 saturated carbocycles. The number of hydrogen-bond acceptors (Lipinski definition) is 8. The Hall–Kier alpha value is -2.72. The van der Waals surface area contributed by atoms with E-state index >= 15 is 4.39 Å². The highest BCUT2D eigenvalue weighted by Crippen LogP contribution is 2.30. The summed E-state index contributed by atoms with van der Waals surface area (Å²) in [5.41, 5.74) is 0.614. The highest BCUT2D eigenvalue weighted by atomic mass is 19.1. The maximum Gasteiger partial charge on any atom is 0.229 e. The van der Waals surface area contributed by atoms with Gasteiger partial charge in [-0.25, -0.2) is 4.39 Å². The van der Waals surface area contributed by atoms with Crippen molar-refractivity contribution in [2.45, 2.75) is 0 Å². The van der Waals surface area contributed by atoms with E-state index in [2.05, 4.69) is 20.2 Å². The quantitative estimate of drug-likeness (QED) is 0.757. The normalized spacial score (nSPS) is 20.1. The number of nitrogens with one attached hydrogen (secondary N) is 1. The number of morpholine rings is 1. The summed E-state index contributed by atoms with van der Waals surface area (Å²) < 4.78 is 35.2. The van der Waals surface area contributed by atoms with E-state index in [4.69, 9.17) is 4.74 Å². The lowest BCUT2D eigenvalue weighted by molar-refractivity contribution is 0.122. The van der Waals surface area contributed by atoms with Crippen molar-refractivity contribution in [3.8, 4) is 0 Å². The van der Waals surface area contributed by atoms with Gasteiger partial charge in [-0.05, 0) is 12.1 Å². The Balaban J connectivity index is 1.41. The Bertz CT molecular complexity index is 887. The summed E-state index contributed by atoms with van der Waals surface area (Å²) in [6.07, 6.45) is 0. The van der Waals surface area contributed by atoms with E-state index in [1.54, 1.807) is 12.1 Å². The van der Waals surface area contributed by atoms with Crippen molar-refractivity contribution >= 4 is 23.3 Å². The molecule has 3 aliphatic rings. The molecule has 1 aromatic heterocycles. The third kappa shape index (κ3) is 4.29. The molecule has 0 radical (unpaired) electrons. The highest BCUT2D eigenvalue weighted by molar-refractivity contribution is 5.58. The monoisotopic (exact) mass is 445 g/mol. The third-order valence-electron chi connectivity index (χ3n) is 6.29. The van der Waals surface area contributed by atoms with Crippen molar-refractivity contribution in [1.29, 1.82) is 0 Å². The van der Waals surface area contributed by atoms with Gasteiger partial charge in [0.25, 0.3) is 0 Å². The molecule has 0 bridgehead atoms. The molecule has 4 heterocycles. The number of halogens is 2. The summed E-state index contributed by atoms with van der Waals surface area (Å²) in [5.74, 6) is 0.685. The summed E-state index contributed by atoms with van der Waals surface area (Å²) in [5, 5.41) is 3.30. The van der Waals surface area contributed by atoms with E-state index in [9.17, 15) is 4.39 Å². The summed E-state index contributed by atoms with van der Waals surface area (Å²) in [4.78, 5) is 17.4. The largest absolute Gasteiger partial charge is 0.378 e. The first-order valence-electron chi connectivity index (χ1n) is 11.3. The zero-order valence-corrected chi connectivity index (χ0v) is 18.1. The van der Waals surface area contributed by atoms with Gasteiger partial charge in [0, 0.05) is 65.4 Å². The van der Waals surface area contributed by atoms with Gasteiger partial charge in [-0.3, -0.25) is 0 Å². The van der Waals surface area contributed by atoms with Crippen LogP contribution in [0, 0.1) is 11.6 Å². The Kier molecular flexibility index (Phi) is 6.22. The van der Waals surface area contributed by atoms with Gasteiger partial charge in [-0.15, -0.1) is 0 Å². The molecule has 0 spiro atoms. The predicted octanol–water partition coefficient (Wildman–Crippen LogP) is 1.33. The third-order valence-corrected chi connectivity index (χ3v) is 6.29. The second-order valence-corrected chi connectivity index (χ2v) is 8.25. The second kappa shape index (κ2) is 9.41. The number of para-hydroxylation sites is 1. The van der Waals surface area contributed by atoms with Crippen LogP contribution in [0.2, 0.25) is 0 Å². The molecule has 0 amide bonds. The van der Waals surface area contributed by atoms with Gasteiger partial charge >= 0.3 is 0 Å². The van der Waals surface area contributed by atoms with Crippen molar-refractivity contribution in [3.05, 3.63) is 35.9 Å². The molecule has 3 fully saturated rings. The Morgan fingerprint density at radius 2 is 1.31 bits per heavy atom. The molecule has 3 aliphatic heterocycles. The maximum absolute atomic E-state index is 15.6. The fraction of sp³-hybridized carbons (Fsp3) is 0.545. The number of piperazine rings is 2. The number of nitrogens with zero attached hydrogens (tertiary/aromatic N) is 6. The summed E-state index contributed by atoms with van der Waals surface area (Å²) in [7, 11) is 0. The summed E-state index contributed by atoms with van der Waals surface area (Å²) in [6.45, 7) is 7.92. The van der Waals surface area contributed by atoms with Gasteiger partial charge in [0.15, 0.2) is 11.6 Å². The van der Waals surface area contributed by atoms with Crippen molar-refractivity contribution in [2.75, 3.05) is 98.3 Å². The fourth-order valence-corrected chi connectivity index (χ4v) is 4.48. The molecule has 5 rings (SSSR count). The van der Waals surface area contributed by atoms with Crippen LogP contribution in [0.15, 0.2) is 24.3 Å². The lowest BCUT2D eigenvalue weighted by Crippen LogP contribution is -2.48. The van der Waals surface area contributed by atoms with Gasteiger partial charge in [0.2, 0.25) is 11.8 Å². The molecule has 0 unspecified atom stereocenters. The highest BCUT2D eigenvalue weighted by Gasteiger charge is 2.28. The van der Waals surface area contributed by atoms with Crippen LogP contribution in [0.4, 0.5) is 32.1 Å². The van der Waals surface area contributed by atoms with E-state index in [-0.39, 0.29) is 11.6 Å². The van der Waals surface area contributed by atoms with Crippen molar-refractivity contribution < 1.29 is 13.5 Å². The molecule has 0 aliphatic carbocycles. The van der Waals surface area contributed by atoms with Crippen LogP contribution in [-0.4, -0.2) is 88.6 Å². The van der Waals surface area contributed by atoms with E-state index in [0.29, 0.717) is 88.8 Å². The first-order chi connectivity index (χ1) is 15.7. The van der Waals surface area contributed by atoms with Crippen LogP contribution < -0.4 is 24.9 Å². The topological polar surface area (TPSA) is 60.0 Å². The van der Waals surface area contributed by atoms with Crippen LogP contribution in [0.5, 0.6) is 0 Å². The summed E-state index contributed by atoms with van der Waals surface area (Å²) >= 11 is 0. The molecule has 10 heteroatoms.